The zero-order chi connectivity index (χ0) is 20.8. The van der Waals surface area contributed by atoms with E-state index in [-0.39, 0.29) is 24.3 Å². The van der Waals surface area contributed by atoms with Gasteiger partial charge in [-0.15, -0.1) is 0 Å². The molecule has 8 nitrogen and oxygen atoms in total. The number of hydrogen-bond acceptors (Lipinski definition) is 5. The first-order chi connectivity index (χ1) is 13.8. The van der Waals surface area contributed by atoms with Crippen LogP contribution in [0.3, 0.4) is 0 Å². The van der Waals surface area contributed by atoms with Gasteiger partial charge in [-0.05, 0) is 30.4 Å². The molecule has 1 spiro atoms. The van der Waals surface area contributed by atoms with Crippen LogP contribution >= 0.6 is 0 Å². The van der Waals surface area contributed by atoms with Crippen LogP contribution < -0.4 is 5.32 Å². The molecule has 1 amide bonds. The summed E-state index contributed by atoms with van der Waals surface area (Å²) in [5, 5.41) is 27.2. The van der Waals surface area contributed by atoms with E-state index in [1.54, 1.807) is 22.7 Å². The maximum absolute atomic E-state index is 12.5. The SMILES string of the molecule is Cc1cc(C(=O)NC[C@@H]2[C@@H](c3ccccc3)[C@]23CN(CC(=O)O)C[C@@H]3O)nn1C. The number of carboxylic acid groups (broad SMARTS) is 1. The third kappa shape index (κ3) is 3.42. The summed E-state index contributed by atoms with van der Waals surface area (Å²) in [6.07, 6.45) is -0.633. The molecule has 2 aliphatic rings. The predicted octanol–water partition coefficient (Wildman–Crippen LogP) is 0.619. The van der Waals surface area contributed by atoms with Crippen LogP contribution in [-0.4, -0.2) is 69.1 Å². The smallest absolute Gasteiger partial charge is 0.317 e. The Morgan fingerprint density at radius 3 is 2.66 bits per heavy atom. The van der Waals surface area contributed by atoms with Crippen LogP contribution in [0.2, 0.25) is 0 Å². The van der Waals surface area contributed by atoms with Gasteiger partial charge in [-0.3, -0.25) is 19.2 Å². The second kappa shape index (κ2) is 7.27. The number of aryl methyl sites for hydroxylation is 2. The third-order valence-corrected chi connectivity index (χ3v) is 6.46. The highest BCUT2D eigenvalue weighted by Crippen LogP contribution is 2.68. The molecule has 1 aromatic carbocycles. The molecule has 29 heavy (non-hydrogen) atoms. The summed E-state index contributed by atoms with van der Waals surface area (Å²) in [7, 11) is 1.79. The van der Waals surface area contributed by atoms with Crippen LogP contribution in [-0.2, 0) is 11.8 Å². The molecule has 2 aromatic rings. The topological polar surface area (TPSA) is 108 Å². The van der Waals surface area contributed by atoms with Crippen LogP contribution in [0.1, 0.15) is 27.7 Å². The minimum Gasteiger partial charge on any atom is -0.480 e. The first-order valence-electron chi connectivity index (χ1n) is 9.79. The van der Waals surface area contributed by atoms with E-state index in [1.807, 2.05) is 37.3 Å². The van der Waals surface area contributed by atoms with E-state index in [4.69, 9.17) is 5.11 Å². The largest absolute Gasteiger partial charge is 0.480 e. The van der Waals surface area contributed by atoms with Gasteiger partial charge in [0.25, 0.3) is 5.91 Å². The number of carboxylic acids is 1. The number of carbonyl (C=O) groups excluding carboxylic acids is 1. The van der Waals surface area contributed by atoms with Crippen molar-refractivity contribution in [2.75, 3.05) is 26.2 Å². The molecule has 0 unspecified atom stereocenters. The average Bonchev–Trinajstić information content (AvgIpc) is 3.02. The quantitative estimate of drug-likeness (QED) is 0.658. The number of aliphatic hydroxyl groups is 1. The molecular formula is C21H26N4O4. The number of nitrogens with zero attached hydrogens (tertiary/aromatic N) is 3. The molecule has 1 aliphatic carbocycles. The van der Waals surface area contributed by atoms with Crippen LogP contribution in [0.5, 0.6) is 0 Å². The summed E-state index contributed by atoms with van der Waals surface area (Å²) < 4.78 is 1.66. The summed E-state index contributed by atoms with van der Waals surface area (Å²) in [5.74, 6) is -1.03. The molecule has 1 saturated heterocycles. The number of β-amino-alcohol motifs (C(OH)–C–C–N with tert-alkyl or cyclic N) is 1. The van der Waals surface area contributed by atoms with Gasteiger partial charge in [0.2, 0.25) is 0 Å². The molecule has 2 heterocycles. The lowest BCUT2D eigenvalue weighted by molar-refractivity contribution is -0.138. The van der Waals surface area contributed by atoms with Gasteiger partial charge in [0, 0.05) is 37.8 Å². The van der Waals surface area contributed by atoms with Crippen molar-refractivity contribution in [3.8, 4) is 0 Å². The van der Waals surface area contributed by atoms with Gasteiger partial charge in [-0.25, -0.2) is 0 Å². The van der Waals surface area contributed by atoms with E-state index in [2.05, 4.69) is 10.4 Å². The maximum Gasteiger partial charge on any atom is 0.317 e. The lowest BCUT2D eigenvalue weighted by atomic mass is 9.95. The maximum atomic E-state index is 12.5. The number of aliphatic carboxylic acids is 1. The van der Waals surface area contributed by atoms with Crippen LogP contribution in [0.15, 0.2) is 36.4 Å². The molecule has 8 heteroatoms. The molecule has 154 valence electrons. The van der Waals surface area contributed by atoms with Crippen LogP contribution in [0, 0.1) is 18.3 Å². The van der Waals surface area contributed by atoms with E-state index in [1.165, 1.54) is 0 Å². The minimum atomic E-state index is -0.901. The van der Waals surface area contributed by atoms with E-state index in [9.17, 15) is 14.7 Å². The highest BCUT2D eigenvalue weighted by molar-refractivity contribution is 5.92. The van der Waals surface area contributed by atoms with E-state index < -0.39 is 17.5 Å². The second-order valence-corrected chi connectivity index (χ2v) is 8.19. The Kier molecular flexibility index (Phi) is 4.92. The number of rotatable bonds is 6. The highest BCUT2D eigenvalue weighted by Gasteiger charge is 2.71. The molecular weight excluding hydrogens is 372 g/mol. The monoisotopic (exact) mass is 398 g/mol. The fourth-order valence-electron chi connectivity index (χ4n) is 4.97. The predicted molar refractivity (Wildman–Crippen MR) is 105 cm³/mol. The normalized spacial score (nSPS) is 28.6. The van der Waals surface area contributed by atoms with Gasteiger partial charge in [0.1, 0.15) is 5.69 Å². The number of benzene rings is 1. The van der Waals surface area contributed by atoms with E-state index >= 15 is 0 Å². The first-order valence-corrected chi connectivity index (χ1v) is 9.79. The molecule has 4 rings (SSSR count). The Morgan fingerprint density at radius 1 is 1.31 bits per heavy atom. The van der Waals surface area contributed by atoms with E-state index in [0.717, 1.165) is 11.3 Å². The molecule has 0 radical (unpaired) electrons. The second-order valence-electron chi connectivity index (χ2n) is 8.19. The number of aromatic nitrogens is 2. The number of carbonyl (C=O) groups is 2. The van der Waals surface area contributed by atoms with Gasteiger partial charge >= 0.3 is 5.97 Å². The van der Waals surface area contributed by atoms with Gasteiger partial charge < -0.3 is 15.5 Å². The molecule has 4 atom stereocenters. The average molecular weight is 398 g/mol. The van der Waals surface area contributed by atoms with Crippen molar-refractivity contribution in [3.05, 3.63) is 53.3 Å². The Balaban J connectivity index is 1.52. The van der Waals surface area contributed by atoms with Gasteiger partial charge in [-0.1, -0.05) is 30.3 Å². The number of aliphatic hydroxyl groups excluding tert-OH is 1. The Hall–Kier alpha value is -2.71. The molecule has 1 aromatic heterocycles. The third-order valence-electron chi connectivity index (χ3n) is 6.46. The Labute approximate surface area is 169 Å². The number of amides is 1. The fourth-order valence-corrected chi connectivity index (χ4v) is 4.97. The number of hydrogen-bond donors (Lipinski definition) is 3. The first kappa shape index (κ1) is 19.6. The van der Waals surface area contributed by atoms with Crippen molar-refractivity contribution in [2.24, 2.45) is 18.4 Å². The number of nitrogens with one attached hydrogen (secondary N) is 1. The highest BCUT2D eigenvalue weighted by atomic mass is 16.4. The molecule has 1 saturated carbocycles. The zero-order valence-electron chi connectivity index (χ0n) is 16.6. The van der Waals surface area contributed by atoms with Crippen molar-refractivity contribution < 1.29 is 19.8 Å². The van der Waals surface area contributed by atoms with Crippen molar-refractivity contribution in [1.29, 1.82) is 0 Å². The van der Waals surface area contributed by atoms with E-state index in [0.29, 0.717) is 25.3 Å². The standard InChI is InChI=1S/C21H26N4O4/c1-13-8-16(23-24(13)2)20(29)22-9-15-19(14-6-4-3-5-7-14)21(15)12-25(10-17(21)26)11-18(27)28/h3-8,15,17,19,26H,9-12H2,1-2H3,(H,22,29)(H,27,28)/t15-,17+,19-,21-/m1/s1. The van der Waals surface area contributed by atoms with Crippen molar-refractivity contribution in [3.63, 3.8) is 0 Å². The van der Waals surface area contributed by atoms with Crippen molar-refractivity contribution in [1.82, 2.24) is 20.0 Å². The Morgan fingerprint density at radius 2 is 2.03 bits per heavy atom. The summed E-state index contributed by atoms with van der Waals surface area (Å²) in [6.45, 7) is 3.04. The summed E-state index contributed by atoms with van der Waals surface area (Å²) in [5.41, 5.74) is 1.94. The van der Waals surface area contributed by atoms with Gasteiger partial charge in [0.15, 0.2) is 0 Å². The van der Waals surface area contributed by atoms with Crippen molar-refractivity contribution >= 4 is 11.9 Å². The van der Waals surface area contributed by atoms with Gasteiger partial charge in [0.05, 0.1) is 12.6 Å². The molecule has 0 bridgehead atoms. The van der Waals surface area contributed by atoms with Crippen molar-refractivity contribution in [2.45, 2.75) is 18.9 Å². The lowest BCUT2D eigenvalue weighted by Gasteiger charge is -2.15. The molecule has 2 fully saturated rings. The lowest BCUT2D eigenvalue weighted by Crippen LogP contribution is -2.30. The zero-order valence-corrected chi connectivity index (χ0v) is 16.6. The van der Waals surface area contributed by atoms with Crippen LogP contribution in [0.4, 0.5) is 0 Å². The summed E-state index contributed by atoms with van der Waals surface area (Å²) in [6, 6.07) is 11.7. The Bertz CT molecular complexity index is 909. The van der Waals surface area contributed by atoms with Gasteiger partial charge in [-0.2, -0.15) is 5.10 Å². The van der Waals surface area contributed by atoms with Crippen LogP contribution in [0.25, 0.3) is 0 Å². The number of likely N-dealkylation sites (tertiary alicyclic amines) is 1. The minimum absolute atomic E-state index is 0.0347. The summed E-state index contributed by atoms with van der Waals surface area (Å²) in [4.78, 5) is 25.5. The fraction of sp³-hybridized carbons (Fsp3) is 0.476. The molecule has 1 aliphatic heterocycles. The molecule has 3 N–H and O–H groups in total. The summed E-state index contributed by atoms with van der Waals surface area (Å²) >= 11 is 0.